The van der Waals surface area contributed by atoms with Crippen LogP contribution in [-0.2, 0) is 6.54 Å². The summed E-state index contributed by atoms with van der Waals surface area (Å²) < 4.78 is 19.7. The second-order valence-electron chi connectivity index (χ2n) is 3.79. The third-order valence-electron chi connectivity index (χ3n) is 2.35. The first-order valence-electron chi connectivity index (χ1n) is 5.53. The number of ether oxygens (including phenoxy) is 1. The molecule has 0 radical (unpaired) electrons. The minimum atomic E-state index is -0.457. The van der Waals surface area contributed by atoms with Gasteiger partial charge < -0.3 is 10.1 Å². The molecule has 0 saturated carbocycles. The predicted octanol–water partition coefficient (Wildman–Crippen LogP) is 4.15. The van der Waals surface area contributed by atoms with Crippen molar-refractivity contribution in [2.45, 2.75) is 6.54 Å². The third-order valence-corrected chi connectivity index (χ3v) is 3.18. The molecule has 0 aliphatic heterocycles. The monoisotopic (exact) mass is 344 g/mol. The Bertz CT molecular complexity index is 595. The Morgan fingerprint density at radius 3 is 2.84 bits per heavy atom. The maximum Gasteiger partial charge on any atom is 0.219 e. The van der Waals surface area contributed by atoms with E-state index in [4.69, 9.17) is 16.3 Å². The molecule has 0 unspecified atom stereocenters. The molecule has 0 aliphatic rings. The van der Waals surface area contributed by atoms with Crippen LogP contribution in [0.3, 0.4) is 0 Å². The predicted molar refractivity (Wildman–Crippen MR) is 76.2 cm³/mol. The van der Waals surface area contributed by atoms with Crippen LogP contribution in [-0.4, -0.2) is 12.0 Å². The van der Waals surface area contributed by atoms with E-state index in [2.05, 4.69) is 26.2 Å². The fraction of sp³-hybridized carbons (Fsp3) is 0.154. The topological polar surface area (TPSA) is 34.2 Å². The average molecular weight is 346 g/mol. The fourth-order valence-corrected chi connectivity index (χ4v) is 1.99. The van der Waals surface area contributed by atoms with Gasteiger partial charge in [-0.05, 0) is 31.3 Å². The summed E-state index contributed by atoms with van der Waals surface area (Å²) in [5.74, 6) is -0.0365. The molecule has 1 aromatic heterocycles. The van der Waals surface area contributed by atoms with Gasteiger partial charge in [0.1, 0.15) is 0 Å². The molecule has 1 N–H and O–H groups in total. The van der Waals surface area contributed by atoms with E-state index in [1.165, 1.54) is 12.1 Å². The van der Waals surface area contributed by atoms with Gasteiger partial charge in [0.25, 0.3) is 0 Å². The van der Waals surface area contributed by atoms with Gasteiger partial charge in [-0.25, -0.2) is 9.37 Å². The van der Waals surface area contributed by atoms with Crippen LogP contribution in [0.25, 0.3) is 0 Å². The van der Waals surface area contributed by atoms with Gasteiger partial charge in [0.05, 0.1) is 10.7 Å². The van der Waals surface area contributed by atoms with Crippen molar-refractivity contribution in [1.82, 2.24) is 10.3 Å². The molecule has 3 nitrogen and oxygen atoms in total. The van der Waals surface area contributed by atoms with Gasteiger partial charge in [-0.3, -0.25) is 0 Å². The summed E-state index contributed by atoms with van der Waals surface area (Å²) in [4.78, 5) is 4.23. The molecule has 1 aromatic carbocycles. The van der Waals surface area contributed by atoms with Gasteiger partial charge in [-0.15, -0.1) is 0 Å². The Hall–Kier alpha value is -1.17. The van der Waals surface area contributed by atoms with Gasteiger partial charge in [0.15, 0.2) is 11.6 Å². The molecular weight excluding hydrogens is 335 g/mol. The largest absolute Gasteiger partial charge is 0.436 e. The molecule has 0 spiro atoms. The first-order chi connectivity index (χ1) is 9.10. The zero-order valence-electron chi connectivity index (χ0n) is 10.1. The Balaban J connectivity index is 2.25. The van der Waals surface area contributed by atoms with Crippen LogP contribution in [0.2, 0.25) is 5.02 Å². The minimum absolute atomic E-state index is 0.119. The molecule has 0 fully saturated rings. The molecule has 0 amide bonds. The second-order valence-corrected chi connectivity index (χ2v) is 5.11. The number of pyridine rings is 1. The smallest absolute Gasteiger partial charge is 0.219 e. The van der Waals surface area contributed by atoms with E-state index in [1.54, 1.807) is 25.2 Å². The van der Waals surface area contributed by atoms with E-state index in [1.807, 2.05) is 0 Å². The summed E-state index contributed by atoms with van der Waals surface area (Å²) in [5.41, 5.74) is 0.652. The summed E-state index contributed by atoms with van der Waals surface area (Å²) >= 11 is 9.18. The van der Waals surface area contributed by atoms with Crippen LogP contribution in [0.1, 0.15) is 5.69 Å². The van der Waals surface area contributed by atoms with Crippen LogP contribution in [0, 0.1) is 5.82 Å². The van der Waals surface area contributed by atoms with Crippen LogP contribution >= 0.6 is 27.5 Å². The van der Waals surface area contributed by atoms with Gasteiger partial charge in [0.2, 0.25) is 5.88 Å². The van der Waals surface area contributed by atoms with E-state index >= 15 is 0 Å². The highest BCUT2D eigenvalue weighted by molar-refractivity contribution is 9.10. The van der Waals surface area contributed by atoms with Crippen molar-refractivity contribution in [3.05, 3.63) is 51.3 Å². The summed E-state index contributed by atoms with van der Waals surface area (Å²) in [6, 6.07) is 7.84. The second kappa shape index (κ2) is 6.32. The average Bonchev–Trinajstić information content (AvgIpc) is 2.37. The Morgan fingerprint density at radius 1 is 1.37 bits per heavy atom. The fourth-order valence-electron chi connectivity index (χ4n) is 1.48. The summed E-state index contributed by atoms with van der Waals surface area (Å²) in [5, 5.41) is 3.49. The zero-order chi connectivity index (χ0) is 13.8. The summed E-state index contributed by atoms with van der Waals surface area (Å²) in [6.07, 6.45) is 0. The maximum absolute atomic E-state index is 13.6. The Kier molecular flexibility index (Phi) is 4.74. The standard InChI is InChI=1S/C13H11BrClFN2O/c1-17-7-11-9(15)3-5-13(18-11)19-12-4-2-8(14)6-10(12)16/h2-6,17H,7H2,1H3. The zero-order valence-corrected chi connectivity index (χ0v) is 12.4. The van der Waals surface area contributed by atoms with E-state index in [0.29, 0.717) is 27.6 Å². The molecule has 2 rings (SSSR count). The molecule has 100 valence electrons. The molecule has 2 aromatic rings. The Labute approximate surface area is 123 Å². The molecule has 19 heavy (non-hydrogen) atoms. The molecule has 0 atom stereocenters. The highest BCUT2D eigenvalue weighted by Gasteiger charge is 2.08. The number of hydrogen-bond donors (Lipinski definition) is 1. The molecule has 0 saturated heterocycles. The lowest BCUT2D eigenvalue weighted by atomic mass is 10.3. The van der Waals surface area contributed by atoms with Crippen molar-refractivity contribution in [3.8, 4) is 11.6 Å². The van der Waals surface area contributed by atoms with Crippen molar-refractivity contribution in [2.75, 3.05) is 7.05 Å². The van der Waals surface area contributed by atoms with E-state index in [0.717, 1.165) is 0 Å². The van der Waals surface area contributed by atoms with Crippen molar-refractivity contribution >= 4 is 27.5 Å². The van der Waals surface area contributed by atoms with E-state index in [-0.39, 0.29) is 5.75 Å². The number of halogens is 3. The quantitative estimate of drug-likeness (QED) is 0.904. The number of benzene rings is 1. The minimum Gasteiger partial charge on any atom is -0.436 e. The molecule has 6 heteroatoms. The number of rotatable bonds is 4. The maximum atomic E-state index is 13.6. The van der Waals surface area contributed by atoms with Crippen molar-refractivity contribution in [1.29, 1.82) is 0 Å². The molecule has 1 heterocycles. The number of aromatic nitrogens is 1. The Morgan fingerprint density at radius 2 is 2.16 bits per heavy atom. The lowest BCUT2D eigenvalue weighted by Crippen LogP contribution is -2.08. The third kappa shape index (κ3) is 3.65. The van der Waals surface area contributed by atoms with Gasteiger partial charge in [-0.1, -0.05) is 27.5 Å². The van der Waals surface area contributed by atoms with Crippen LogP contribution in [0.4, 0.5) is 4.39 Å². The first-order valence-corrected chi connectivity index (χ1v) is 6.70. The van der Waals surface area contributed by atoms with Gasteiger partial charge in [0, 0.05) is 17.1 Å². The van der Waals surface area contributed by atoms with Gasteiger partial charge in [-0.2, -0.15) is 0 Å². The van der Waals surface area contributed by atoms with Crippen molar-refractivity contribution in [2.24, 2.45) is 0 Å². The SMILES string of the molecule is CNCc1nc(Oc2ccc(Br)cc2F)ccc1Cl. The number of nitrogens with one attached hydrogen (secondary N) is 1. The number of nitrogens with zero attached hydrogens (tertiary/aromatic N) is 1. The summed E-state index contributed by atoms with van der Waals surface area (Å²) in [7, 11) is 1.79. The van der Waals surface area contributed by atoms with Crippen LogP contribution in [0.15, 0.2) is 34.8 Å². The van der Waals surface area contributed by atoms with E-state index < -0.39 is 5.82 Å². The van der Waals surface area contributed by atoms with Crippen LogP contribution in [0.5, 0.6) is 11.6 Å². The summed E-state index contributed by atoms with van der Waals surface area (Å²) in [6.45, 7) is 0.513. The highest BCUT2D eigenvalue weighted by atomic mass is 79.9. The van der Waals surface area contributed by atoms with Gasteiger partial charge >= 0.3 is 0 Å². The molecular formula is C13H11BrClFN2O. The van der Waals surface area contributed by atoms with E-state index in [9.17, 15) is 4.39 Å². The number of hydrogen-bond acceptors (Lipinski definition) is 3. The normalized spacial score (nSPS) is 10.5. The molecule has 0 aliphatic carbocycles. The van der Waals surface area contributed by atoms with Crippen LogP contribution < -0.4 is 10.1 Å². The first kappa shape index (κ1) is 14.2. The highest BCUT2D eigenvalue weighted by Crippen LogP contribution is 2.27. The van der Waals surface area contributed by atoms with Crippen molar-refractivity contribution < 1.29 is 9.13 Å². The lowest BCUT2D eigenvalue weighted by molar-refractivity contribution is 0.425. The van der Waals surface area contributed by atoms with Crippen molar-refractivity contribution in [3.63, 3.8) is 0 Å². The lowest BCUT2D eigenvalue weighted by Gasteiger charge is -2.08. The molecule has 0 bridgehead atoms.